The first kappa shape index (κ1) is 16.0. The molecule has 0 aliphatic carbocycles. The fraction of sp³-hybridized carbons (Fsp3) is 0.222. The Morgan fingerprint density at radius 2 is 2.28 bits per heavy atom. The number of hydrogen-bond donors (Lipinski definition) is 3. The molecule has 6 nitrogen and oxygen atoms in total. The number of amides is 1. The average Bonchev–Trinajstić information content (AvgIpc) is 3.41. The number of benzene rings is 1. The summed E-state index contributed by atoms with van der Waals surface area (Å²) in [6.07, 6.45) is 3.58. The van der Waals surface area contributed by atoms with Crippen LogP contribution in [0.15, 0.2) is 60.2 Å². The van der Waals surface area contributed by atoms with E-state index in [9.17, 15) is 4.79 Å². The Balaban J connectivity index is 1.41. The number of nitrogens with one attached hydrogen (secondary N) is 3. The van der Waals surface area contributed by atoms with Gasteiger partial charge in [0.1, 0.15) is 0 Å². The number of carbonyl (C=O) groups is 1. The number of hydrazine groups is 1. The Hall–Kier alpha value is -2.48. The van der Waals surface area contributed by atoms with Crippen LogP contribution in [0.5, 0.6) is 0 Å². The lowest BCUT2D eigenvalue weighted by molar-refractivity contribution is 0.0947. The van der Waals surface area contributed by atoms with Gasteiger partial charge in [-0.05, 0) is 35.7 Å². The largest absolute Gasteiger partial charge is 0.352 e. The minimum absolute atomic E-state index is 0.0640. The van der Waals surface area contributed by atoms with Crippen LogP contribution in [0.4, 0.5) is 0 Å². The lowest BCUT2D eigenvalue weighted by atomic mass is 10.0. The molecule has 4 rings (SSSR count). The van der Waals surface area contributed by atoms with Gasteiger partial charge in [-0.1, -0.05) is 12.1 Å². The maximum absolute atomic E-state index is 12.5. The summed E-state index contributed by atoms with van der Waals surface area (Å²) in [6, 6.07) is 13.7. The van der Waals surface area contributed by atoms with Crippen LogP contribution in [0.25, 0.3) is 5.69 Å². The van der Waals surface area contributed by atoms with Crippen molar-refractivity contribution in [2.24, 2.45) is 5.92 Å². The number of aromatic nitrogens is 2. The third-order valence-corrected chi connectivity index (χ3v) is 5.30. The van der Waals surface area contributed by atoms with E-state index in [0.29, 0.717) is 18.0 Å². The van der Waals surface area contributed by atoms with E-state index in [1.54, 1.807) is 22.2 Å². The van der Waals surface area contributed by atoms with Crippen LogP contribution in [0, 0.1) is 5.92 Å². The third kappa shape index (κ3) is 3.48. The lowest BCUT2D eigenvalue weighted by Gasteiger charge is -2.17. The highest BCUT2D eigenvalue weighted by atomic mass is 32.1. The molecule has 7 heteroatoms. The monoisotopic (exact) mass is 353 g/mol. The van der Waals surface area contributed by atoms with Crippen molar-refractivity contribution in [1.82, 2.24) is 25.9 Å². The van der Waals surface area contributed by atoms with E-state index in [1.165, 1.54) is 4.88 Å². The number of thiophene rings is 1. The second-order valence-corrected chi connectivity index (χ2v) is 6.97. The van der Waals surface area contributed by atoms with Crippen molar-refractivity contribution in [2.75, 3.05) is 13.1 Å². The molecule has 0 bridgehead atoms. The van der Waals surface area contributed by atoms with Gasteiger partial charge >= 0.3 is 0 Å². The van der Waals surface area contributed by atoms with E-state index in [-0.39, 0.29) is 11.9 Å². The smallest absolute Gasteiger partial charge is 0.251 e. The molecule has 2 aromatic heterocycles. The SMILES string of the molecule is O=C(NCC1CNNC1c1cccs1)c1cccc(-n2cccn2)c1. The first-order chi connectivity index (χ1) is 12.3. The molecule has 2 atom stereocenters. The van der Waals surface area contributed by atoms with E-state index in [4.69, 9.17) is 0 Å². The van der Waals surface area contributed by atoms with E-state index in [2.05, 4.69) is 38.8 Å². The van der Waals surface area contributed by atoms with Crippen molar-refractivity contribution in [3.05, 3.63) is 70.7 Å². The molecule has 0 saturated carbocycles. The summed E-state index contributed by atoms with van der Waals surface area (Å²) in [5.74, 6) is 0.253. The van der Waals surface area contributed by atoms with Gasteiger partial charge in [0.15, 0.2) is 0 Å². The van der Waals surface area contributed by atoms with E-state index in [1.807, 2.05) is 36.5 Å². The highest BCUT2D eigenvalue weighted by Crippen LogP contribution is 2.27. The predicted octanol–water partition coefficient (Wildman–Crippen LogP) is 2.13. The van der Waals surface area contributed by atoms with Gasteiger partial charge in [0, 0.05) is 41.8 Å². The Bertz CT molecular complexity index is 831. The lowest BCUT2D eigenvalue weighted by Crippen LogP contribution is -2.32. The van der Waals surface area contributed by atoms with Crippen molar-refractivity contribution < 1.29 is 4.79 Å². The van der Waals surface area contributed by atoms with Crippen LogP contribution >= 0.6 is 11.3 Å². The minimum atomic E-state index is -0.0640. The molecule has 3 aromatic rings. The van der Waals surface area contributed by atoms with Gasteiger partial charge in [-0.15, -0.1) is 11.3 Å². The molecule has 1 amide bonds. The van der Waals surface area contributed by atoms with Crippen LogP contribution in [0.2, 0.25) is 0 Å². The molecular weight excluding hydrogens is 334 g/mol. The Labute approximate surface area is 149 Å². The van der Waals surface area contributed by atoms with Crippen LogP contribution in [-0.4, -0.2) is 28.8 Å². The molecule has 1 aliphatic rings. The Kier molecular flexibility index (Phi) is 4.60. The summed E-state index contributed by atoms with van der Waals surface area (Å²) in [5.41, 5.74) is 8.01. The quantitative estimate of drug-likeness (QED) is 0.657. The molecule has 1 aromatic carbocycles. The molecule has 2 unspecified atom stereocenters. The Morgan fingerprint density at radius 1 is 1.32 bits per heavy atom. The molecule has 1 saturated heterocycles. The summed E-state index contributed by atoms with van der Waals surface area (Å²) >= 11 is 1.73. The topological polar surface area (TPSA) is 71.0 Å². The van der Waals surface area contributed by atoms with Crippen molar-refractivity contribution in [2.45, 2.75) is 6.04 Å². The first-order valence-corrected chi connectivity index (χ1v) is 9.09. The average molecular weight is 353 g/mol. The van der Waals surface area contributed by atoms with E-state index >= 15 is 0 Å². The number of nitrogens with zero attached hydrogens (tertiary/aromatic N) is 2. The Morgan fingerprint density at radius 3 is 3.08 bits per heavy atom. The van der Waals surface area contributed by atoms with Gasteiger partial charge in [-0.25, -0.2) is 10.1 Å². The number of rotatable bonds is 5. The van der Waals surface area contributed by atoms with Crippen molar-refractivity contribution in [1.29, 1.82) is 0 Å². The van der Waals surface area contributed by atoms with Gasteiger partial charge in [0.05, 0.1) is 11.7 Å². The van der Waals surface area contributed by atoms with Gasteiger partial charge in [-0.3, -0.25) is 10.2 Å². The fourth-order valence-electron chi connectivity index (χ4n) is 3.03. The van der Waals surface area contributed by atoms with Gasteiger partial charge in [0.2, 0.25) is 0 Å². The molecule has 3 heterocycles. The molecule has 1 fully saturated rings. The summed E-state index contributed by atoms with van der Waals surface area (Å²) in [5, 5.41) is 9.34. The molecule has 1 aliphatic heterocycles. The standard InChI is InChI=1S/C18H19N5OS/c24-18(13-4-1-5-15(10-13)23-8-3-7-21-23)19-11-14-12-20-22-17(14)16-6-2-9-25-16/h1-10,14,17,20,22H,11-12H2,(H,19,24). The summed E-state index contributed by atoms with van der Waals surface area (Å²) in [4.78, 5) is 13.8. The van der Waals surface area contributed by atoms with Crippen LogP contribution in [0.1, 0.15) is 21.3 Å². The number of hydrogen-bond acceptors (Lipinski definition) is 5. The van der Waals surface area contributed by atoms with Crippen LogP contribution < -0.4 is 16.2 Å². The molecule has 25 heavy (non-hydrogen) atoms. The first-order valence-electron chi connectivity index (χ1n) is 8.21. The zero-order chi connectivity index (χ0) is 17.1. The van der Waals surface area contributed by atoms with Gasteiger partial charge in [-0.2, -0.15) is 5.10 Å². The zero-order valence-corrected chi connectivity index (χ0v) is 14.4. The van der Waals surface area contributed by atoms with Crippen molar-refractivity contribution in [3.8, 4) is 5.69 Å². The maximum Gasteiger partial charge on any atom is 0.251 e. The number of carbonyl (C=O) groups excluding carboxylic acids is 1. The summed E-state index contributed by atoms with van der Waals surface area (Å²) < 4.78 is 1.74. The molecule has 0 radical (unpaired) electrons. The summed E-state index contributed by atoms with van der Waals surface area (Å²) in [7, 11) is 0. The highest BCUT2D eigenvalue weighted by molar-refractivity contribution is 7.10. The molecule has 128 valence electrons. The van der Waals surface area contributed by atoms with Gasteiger partial charge in [0.25, 0.3) is 5.91 Å². The molecule has 3 N–H and O–H groups in total. The normalized spacial score (nSPS) is 19.8. The predicted molar refractivity (Wildman–Crippen MR) is 97.6 cm³/mol. The third-order valence-electron chi connectivity index (χ3n) is 4.35. The highest BCUT2D eigenvalue weighted by Gasteiger charge is 2.29. The molecular formula is C18H19N5OS. The minimum Gasteiger partial charge on any atom is -0.352 e. The second-order valence-electron chi connectivity index (χ2n) is 5.99. The summed E-state index contributed by atoms with van der Waals surface area (Å²) in [6.45, 7) is 1.45. The van der Waals surface area contributed by atoms with Crippen LogP contribution in [-0.2, 0) is 0 Å². The van der Waals surface area contributed by atoms with E-state index < -0.39 is 0 Å². The van der Waals surface area contributed by atoms with Crippen molar-refractivity contribution >= 4 is 17.2 Å². The zero-order valence-electron chi connectivity index (χ0n) is 13.6. The van der Waals surface area contributed by atoms with Crippen LogP contribution in [0.3, 0.4) is 0 Å². The van der Waals surface area contributed by atoms with Crippen molar-refractivity contribution in [3.63, 3.8) is 0 Å². The second kappa shape index (κ2) is 7.18. The van der Waals surface area contributed by atoms with Gasteiger partial charge < -0.3 is 5.32 Å². The fourth-order valence-corrected chi connectivity index (χ4v) is 3.90. The van der Waals surface area contributed by atoms with E-state index in [0.717, 1.165) is 12.2 Å². The maximum atomic E-state index is 12.5. The molecule has 0 spiro atoms.